The summed E-state index contributed by atoms with van der Waals surface area (Å²) in [5.41, 5.74) is -1.08. The number of methoxy groups -OCH3 is 1. The molecule has 4 saturated carbocycles. The summed E-state index contributed by atoms with van der Waals surface area (Å²) in [6.07, 6.45) is 6.37. The van der Waals surface area contributed by atoms with Crippen LogP contribution < -0.4 is 14.8 Å². The summed E-state index contributed by atoms with van der Waals surface area (Å²) in [5, 5.41) is 3.28. The van der Waals surface area contributed by atoms with E-state index in [2.05, 4.69) is 5.32 Å². The molecule has 0 saturated heterocycles. The molecule has 0 spiro atoms. The van der Waals surface area contributed by atoms with Gasteiger partial charge in [-0.15, -0.1) is 0 Å². The first-order chi connectivity index (χ1) is 12.8. The van der Waals surface area contributed by atoms with E-state index >= 15 is 0 Å². The summed E-state index contributed by atoms with van der Waals surface area (Å²) in [5.74, 6) is 2.80. The van der Waals surface area contributed by atoms with Crippen molar-refractivity contribution in [2.45, 2.75) is 57.6 Å². The number of carbonyl (C=O) groups is 2. The zero-order valence-electron chi connectivity index (χ0n) is 16.4. The molecule has 4 fully saturated rings. The number of hydrogen-bond acceptors (Lipinski definition) is 4. The van der Waals surface area contributed by atoms with E-state index in [0.29, 0.717) is 23.5 Å². The zero-order valence-corrected chi connectivity index (χ0v) is 16.4. The summed E-state index contributed by atoms with van der Waals surface area (Å²) in [6, 6.07) is 7.43. The molecule has 1 aromatic carbocycles. The maximum atomic E-state index is 13.0. The first-order valence-electron chi connectivity index (χ1n) is 9.94. The Bertz CT molecular complexity index is 710. The van der Waals surface area contributed by atoms with Gasteiger partial charge in [0.25, 0.3) is 5.91 Å². The molecule has 4 aliphatic rings. The first-order valence-corrected chi connectivity index (χ1v) is 9.94. The lowest BCUT2D eigenvalue weighted by molar-refractivity contribution is -0.143. The lowest BCUT2D eigenvalue weighted by Crippen LogP contribution is -2.62. The molecule has 0 aliphatic heterocycles. The Labute approximate surface area is 160 Å². The van der Waals surface area contributed by atoms with Gasteiger partial charge >= 0.3 is 0 Å². The van der Waals surface area contributed by atoms with E-state index in [9.17, 15) is 9.59 Å². The van der Waals surface area contributed by atoms with Gasteiger partial charge in [-0.1, -0.05) is 0 Å². The van der Waals surface area contributed by atoms with Crippen molar-refractivity contribution in [3.05, 3.63) is 24.3 Å². The maximum absolute atomic E-state index is 13.0. The van der Waals surface area contributed by atoms with Gasteiger partial charge in [0, 0.05) is 11.5 Å². The van der Waals surface area contributed by atoms with E-state index in [-0.39, 0.29) is 17.4 Å². The zero-order chi connectivity index (χ0) is 19.2. The average Bonchev–Trinajstić information content (AvgIpc) is 2.64. The third kappa shape index (κ3) is 3.32. The van der Waals surface area contributed by atoms with Crippen molar-refractivity contribution >= 4 is 12.2 Å². The Hall–Kier alpha value is -2.04. The molecule has 0 heterocycles. The SMILES string of the molecule is COc1ccc(OC(C)(C)C(=O)NC2C3CC4CC2CC(C=O)(C4)C3)cc1. The predicted molar refractivity (Wildman–Crippen MR) is 102 cm³/mol. The number of benzene rings is 1. The lowest BCUT2D eigenvalue weighted by Gasteiger charge is -2.58. The highest BCUT2D eigenvalue weighted by Crippen LogP contribution is 2.59. The van der Waals surface area contributed by atoms with Crippen molar-refractivity contribution in [3.8, 4) is 11.5 Å². The lowest BCUT2D eigenvalue weighted by atomic mass is 9.48. The predicted octanol–water partition coefficient (Wildman–Crippen LogP) is 3.36. The Morgan fingerprint density at radius 3 is 2.26 bits per heavy atom. The van der Waals surface area contributed by atoms with Crippen LogP contribution in [0.3, 0.4) is 0 Å². The highest BCUT2D eigenvalue weighted by molar-refractivity contribution is 5.85. The molecular weight excluding hydrogens is 342 g/mol. The molecule has 27 heavy (non-hydrogen) atoms. The second-order valence-corrected chi connectivity index (χ2v) is 9.24. The van der Waals surface area contributed by atoms with E-state index in [0.717, 1.165) is 37.9 Å². The highest BCUT2D eigenvalue weighted by Gasteiger charge is 2.56. The van der Waals surface area contributed by atoms with Gasteiger partial charge in [-0.25, -0.2) is 0 Å². The van der Waals surface area contributed by atoms with Crippen molar-refractivity contribution in [3.63, 3.8) is 0 Å². The molecule has 1 aromatic rings. The summed E-state index contributed by atoms with van der Waals surface area (Å²) in [6.45, 7) is 3.60. The molecule has 5 heteroatoms. The van der Waals surface area contributed by atoms with E-state index in [1.54, 1.807) is 21.0 Å². The fourth-order valence-electron chi connectivity index (χ4n) is 5.78. The fourth-order valence-corrected chi connectivity index (χ4v) is 5.78. The fraction of sp³-hybridized carbons (Fsp3) is 0.636. The third-order valence-corrected chi connectivity index (χ3v) is 6.85. The van der Waals surface area contributed by atoms with Crippen LogP contribution in [0.1, 0.15) is 46.0 Å². The van der Waals surface area contributed by atoms with E-state index in [1.165, 1.54) is 6.29 Å². The summed E-state index contributed by atoms with van der Waals surface area (Å²) in [4.78, 5) is 24.7. The molecule has 4 bridgehead atoms. The average molecular weight is 371 g/mol. The van der Waals surface area contributed by atoms with Crippen LogP contribution in [0.15, 0.2) is 24.3 Å². The number of nitrogens with one attached hydrogen (secondary N) is 1. The number of hydrogen-bond donors (Lipinski definition) is 1. The van der Waals surface area contributed by atoms with Gasteiger partial charge in [0.15, 0.2) is 5.60 Å². The topological polar surface area (TPSA) is 64.6 Å². The Morgan fingerprint density at radius 2 is 1.70 bits per heavy atom. The standard InChI is InChI=1S/C22H29NO4/c1-21(2,27-18-6-4-17(26-3)5-7-18)20(25)23-19-15-8-14-9-16(19)12-22(10-14,11-15)13-24/h4-7,13-16,19H,8-12H2,1-3H3,(H,23,25). The van der Waals surface area contributed by atoms with Crippen molar-refractivity contribution in [2.75, 3.05) is 7.11 Å². The summed E-state index contributed by atoms with van der Waals surface area (Å²) < 4.78 is 11.1. The number of amides is 1. The molecule has 1 N–H and O–H groups in total. The third-order valence-electron chi connectivity index (χ3n) is 6.85. The molecule has 2 atom stereocenters. The largest absolute Gasteiger partial charge is 0.497 e. The molecular formula is C22H29NO4. The minimum absolute atomic E-state index is 0.0871. The minimum Gasteiger partial charge on any atom is -0.497 e. The second-order valence-electron chi connectivity index (χ2n) is 9.24. The Morgan fingerprint density at radius 1 is 1.11 bits per heavy atom. The monoisotopic (exact) mass is 371 g/mol. The number of carbonyl (C=O) groups excluding carboxylic acids is 2. The molecule has 146 valence electrons. The van der Waals surface area contributed by atoms with Crippen LogP contribution >= 0.6 is 0 Å². The second kappa shape index (κ2) is 6.54. The van der Waals surface area contributed by atoms with Gasteiger partial charge in [0.05, 0.1) is 7.11 Å². The molecule has 1 amide bonds. The van der Waals surface area contributed by atoms with Crippen LogP contribution in [0.5, 0.6) is 11.5 Å². The molecule has 5 rings (SSSR count). The number of rotatable bonds is 6. The molecule has 0 aromatic heterocycles. The summed E-state index contributed by atoms with van der Waals surface area (Å²) >= 11 is 0. The molecule has 5 nitrogen and oxygen atoms in total. The van der Waals surface area contributed by atoms with Crippen LogP contribution in [0.25, 0.3) is 0 Å². The maximum Gasteiger partial charge on any atom is 0.263 e. The van der Waals surface area contributed by atoms with Crippen molar-refractivity contribution in [1.82, 2.24) is 5.32 Å². The molecule has 2 unspecified atom stereocenters. The van der Waals surface area contributed by atoms with E-state index in [4.69, 9.17) is 9.47 Å². The van der Waals surface area contributed by atoms with Crippen molar-refractivity contribution < 1.29 is 19.1 Å². The van der Waals surface area contributed by atoms with Gasteiger partial charge in [0.1, 0.15) is 17.8 Å². The van der Waals surface area contributed by atoms with Crippen LogP contribution in [0, 0.1) is 23.2 Å². The van der Waals surface area contributed by atoms with E-state index in [1.807, 2.05) is 24.3 Å². The van der Waals surface area contributed by atoms with Gasteiger partial charge < -0.3 is 19.6 Å². The van der Waals surface area contributed by atoms with Crippen LogP contribution in [0.2, 0.25) is 0 Å². The van der Waals surface area contributed by atoms with Gasteiger partial charge in [-0.3, -0.25) is 4.79 Å². The van der Waals surface area contributed by atoms with Gasteiger partial charge in [0.2, 0.25) is 0 Å². The van der Waals surface area contributed by atoms with Crippen LogP contribution in [0.4, 0.5) is 0 Å². The van der Waals surface area contributed by atoms with E-state index < -0.39 is 5.60 Å². The Kier molecular flexibility index (Phi) is 4.44. The Balaban J connectivity index is 1.43. The smallest absolute Gasteiger partial charge is 0.263 e. The normalized spacial score (nSPS) is 34.2. The molecule has 4 aliphatic carbocycles. The first kappa shape index (κ1) is 18.3. The van der Waals surface area contributed by atoms with Crippen LogP contribution in [-0.4, -0.2) is 30.9 Å². The van der Waals surface area contributed by atoms with Crippen molar-refractivity contribution in [1.29, 1.82) is 0 Å². The van der Waals surface area contributed by atoms with Crippen molar-refractivity contribution in [2.24, 2.45) is 23.2 Å². The summed E-state index contributed by atoms with van der Waals surface area (Å²) in [7, 11) is 1.62. The quantitative estimate of drug-likeness (QED) is 0.779. The molecule has 0 radical (unpaired) electrons. The van der Waals surface area contributed by atoms with Gasteiger partial charge in [-0.2, -0.15) is 0 Å². The minimum atomic E-state index is -0.967. The highest BCUT2D eigenvalue weighted by atomic mass is 16.5. The number of aldehydes is 1. The number of ether oxygens (including phenoxy) is 2. The van der Waals surface area contributed by atoms with Crippen LogP contribution in [-0.2, 0) is 9.59 Å². The van der Waals surface area contributed by atoms with Gasteiger partial charge in [-0.05, 0) is 88.0 Å².